The lowest BCUT2D eigenvalue weighted by Gasteiger charge is -2.21. The van der Waals surface area contributed by atoms with Gasteiger partial charge in [0.25, 0.3) is 15.7 Å². The van der Waals surface area contributed by atoms with Crippen LogP contribution in [0.1, 0.15) is 11.8 Å². The van der Waals surface area contributed by atoms with E-state index in [-0.39, 0.29) is 5.56 Å². The third-order valence-corrected chi connectivity index (χ3v) is 3.77. The molecule has 0 spiro atoms. The van der Waals surface area contributed by atoms with Gasteiger partial charge in [0.2, 0.25) is 0 Å². The van der Waals surface area contributed by atoms with Crippen LogP contribution in [0.2, 0.25) is 0 Å². The van der Waals surface area contributed by atoms with Crippen LogP contribution in [-0.4, -0.2) is 59.4 Å². The molecule has 11 heteroatoms. The molecule has 0 radical (unpaired) electrons. The summed E-state index contributed by atoms with van der Waals surface area (Å²) in [5, 5.41) is 19.1. The van der Waals surface area contributed by atoms with E-state index in [0.717, 1.165) is 17.0 Å². The van der Waals surface area contributed by atoms with Gasteiger partial charge in [-0.05, 0) is 6.92 Å². The number of aryl methyl sites for hydroxylation is 1. The van der Waals surface area contributed by atoms with E-state index in [1.165, 1.54) is 6.92 Å². The fourth-order valence-electron chi connectivity index (χ4n) is 2.17. The van der Waals surface area contributed by atoms with Gasteiger partial charge in [0.1, 0.15) is 12.2 Å². The number of aromatic nitrogens is 2. The Bertz CT molecular complexity index is 767. The normalized spacial score (nSPS) is 28.9. The molecule has 1 aromatic rings. The van der Waals surface area contributed by atoms with Crippen LogP contribution >= 0.6 is 0 Å². The number of nitrogens with zero attached hydrogens (tertiary/aromatic N) is 1. The zero-order chi connectivity index (χ0) is 16.7. The third kappa shape index (κ3) is 3.28. The van der Waals surface area contributed by atoms with E-state index in [2.05, 4.69) is 0 Å². The molecule has 0 saturated carbocycles. The highest BCUT2D eigenvalue weighted by Gasteiger charge is 2.47. The maximum absolute atomic E-state index is 11.9. The van der Waals surface area contributed by atoms with Crippen molar-refractivity contribution in [3.8, 4) is 0 Å². The van der Waals surface area contributed by atoms with Gasteiger partial charge in [-0.25, -0.2) is 4.79 Å². The highest BCUT2D eigenvalue weighted by Crippen LogP contribution is 2.31. The molecule has 0 bridgehead atoms. The van der Waals surface area contributed by atoms with Crippen LogP contribution in [0.3, 0.4) is 0 Å². The summed E-state index contributed by atoms with van der Waals surface area (Å²) >= 11 is 0. The number of aliphatic hydroxyl groups excluding tert-OH is 2. The molecule has 2 rings (SSSR count). The molecule has 0 aromatic carbocycles. The summed E-state index contributed by atoms with van der Waals surface area (Å²) in [6.07, 6.45) is -3.40. The van der Waals surface area contributed by atoms with Gasteiger partial charge in [-0.3, -0.25) is 18.5 Å². The molecule has 1 aliphatic heterocycles. The van der Waals surface area contributed by atoms with Crippen molar-refractivity contribution in [2.24, 2.45) is 0 Å². The molecule has 4 atom stereocenters. The molecule has 22 heavy (non-hydrogen) atoms. The molecule has 1 aliphatic rings. The molecule has 1 fully saturated rings. The number of hydrogen-bond acceptors (Lipinski definition) is 8. The average Bonchev–Trinajstić information content (AvgIpc) is 2.69. The van der Waals surface area contributed by atoms with Crippen LogP contribution in [0, 0.1) is 6.92 Å². The van der Waals surface area contributed by atoms with Crippen molar-refractivity contribution < 1.29 is 27.6 Å². The van der Waals surface area contributed by atoms with Gasteiger partial charge in [-0.2, -0.15) is 8.42 Å². The minimum Gasteiger partial charge on any atom is -0.394 e. The molecule has 2 heterocycles. The molecule has 3 N–H and O–H groups in total. The second kappa shape index (κ2) is 5.93. The molecule has 1 saturated heterocycles. The third-order valence-electron chi connectivity index (χ3n) is 3.20. The first-order chi connectivity index (χ1) is 10.1. The van der Waals surface area contributed by atoms with E-state index in [1.807, 2.05) is 4.98 Å². The van der Waals surface area contributed by atoms with Gasteiger partial charge in [0, 0.05) is 11.8 Å². The lowest BCUT2D eigenvalue weighted by molar-refractivity contribution is -0.0519. The van der Waals surface area contributed by atoms with Gasteiger partial charge in [0.05, 0.1) is 12.9 Å². The molecule has 0 unspecified atom stereocenters. The predicted octanol–water partition coefficient (Wildman–Crippen LogP) is -2.56. The Morgan fingerprint density at radius 2 is 2.09 bits per heavy atom. The number of aromatic amines is 1. The van der Waals surface area contributed by atoms with Crippen LogP contribution < -0.4 is 11.2 Å². The number of ether oxygens (including phenoxy) is 1. The summed E-state index contributed by atoms with van der Waals surface area (Å²) in [6.45, 7) is 0.842. The number of hydrogen-bond donors (Lipinski definition) is 3. The molecular weight excluding hydrogens is 320 g/mol. The largest absolute Gasteiger partial charge is 0.394 e. The lowest BCUT2D eigenvalue weighted by atomic mass is 10.1. The van der Waals surface area contributed by atoms with Gasteiger partial charge in [0.15, 0.2) is 12.3 Å². The van der Waals surface area contributed by atoms with E-state index in [1.54, 1.807) is 0 Å². The predicted molar refractivity (Wildman–Crippen MR) is 72.8 cm³/mol. The Balaban J connectivity index is 2.49. The van der Waals surface area contributed by atoms with Crippen molar-refractivity contribution in [2.45, 2.75) is 31.5 Å². The van der Waals surface area contributed by atoms with Crippen LogP contribution in [0.25, 0.3) is 0 Å². The standard InChI is InChI=1S/C11H16N2O8S/c1-5-3-13(11(17)12-9(5)16)10-8(21-22(2,18)19)7(15)6(4-14)20-10/h3,6-8,10,14-15H,4H2,1-2H3,(H,12,16,17)/t6-,7-,8-,10-/m1/s1. The van der Waals surface area contributed by atoms with E-state index < -0.39 is 52.5 Å². The van der Waals surface area contributed by atoms with E-state index in [4.69, 9.17) is 14.0 Å². The Hall–Kier alpha value is -1.53. The summed E-state index contributed by atoms with van der Waals surface area (Å²) in [5.74, 6) is 0. The smallest absolute Gasteiger partial charge is 0.330 e. The summed E-state index contributed by atoms with van der Waals surface area (Å²) < 4.78 is 33.6. The van der Waals surface area contributed by atoms with Gasteiger partial charge >= 0.3 is 5.69 Å². The fraction of sp³-hybridized carbons (Fsp3) is 0.636. The number of nitrogens with one attached hydrogen (secondary N) is 1. The van der Waals surface area contributed by atoms with Crippen LogP contribution in [0.4, 0.5) is 0 Å². The highest BCUT2D eigenvalue weighted by atomic mass is 32.2. The topological polar surface area (TPSA) is 148 Å². The van der Waals surface area contributed by atoms with E-state index in [9.17, 15) is 23.1 Å². The molecule has 0 aliphatic carbocycles. The maximum Gasteiger partial charge on any atom is 0.330 e. The van der Waals surface area contributed by atoms with E-state index in [0.29, 0.717) is 0 Å². The molecule has 1 aromatic heterocycles. The van der Waals surface area contributed by atoms with Crippen molar-refractivity contribution in [3.63, 3.8) is 0 Å². The first kappa shape index (κ1) is 16.8. The molecule has 0 amide bonds. The van der Waals surface area contributed by atoms with Gasteiger partial charge < -0.3 is 14.9 Å². The highest BCUT2D eigenvalue weighted by molar-refractivity contribution is 7.86. The Kier molecular flexibility index (Phi) is 4.54. The fourth-order valence-corrected chi connectivity index (χ4v) is 2.79. The first-order valence-corrected chi connectivity index (χ1v) is 8.10. The molecular formula is C11H16N2O8S. The monoisotopic (exact) mass is 336 g/mol. The number of aliphatic hydroxyl groups is 2. The molecule has 10 nitrogen and oxygen atoms in total. The zero-order valence-electron chi connectivity index (χ0n) is 11.8. The van der Waals surface area contributed by atoms with E-state index >= 15 is 0 Å². The van der Waals surface area contributed by atoms with Crippen LogP contribution in [0.15, 0.2) is 15.8 Å². The first-order valence-electron chi connectivity index (χ1n) is 6.28. The Morgan fingerprint density at radius 3 is 2.64 bits per heavy atom. The maximum atomic E-state index is 11.9. The van der Waals surface area contributed by atoms with Crippen molar-refractivity contribution in [2.75, 3.05) is 12.9 Å². The number of rotatable bonds is 4. The summed E-state index contributed by atoms with van der Waals surface area (Å²) in [6, 6.07) is 0. The summed E-state index contributed by atoms with van der Waals surface area (Å²) in [4.78, 5) is 25.3. The Labute approximate surface area is 125 Å². The Morgan fingerprint density at radius 1 is 1.45 bits per heavy atom. The van der Waals surface area contributed by atoms with Crippen molar-refractivity contribution in [3.05, 3.63) is 32.6 Å². The lowest BCUT2D eigenvalue weighted by Crippen LogP contribution is -2.40. The second-order valence-electron chi connectivity index (χ2n) is 4.98. The summed E-state index contributed by atoms with van der Waals surface area (Å²) in [7, 11) is -3.95. The number of H-pyrrole nitrogens is 1. The molecule has 124 valence electrons. The van der Waals surface area contributed by atoms with Gasteiger partial charge in [-0.1, -0.05) is 0 Å². The van der Waals surface area contributed by atoms with Crippen molar-refractivity contribution in [1.29, 1.82) is 0 Å². The van der Waals surface area contributed by atoms with Crippen molar-refractivity contribution in [1.82, 2.24) is 9.55 Å². The SMILES string of the molecule is Cc1cn([C@@H]2O[C@H](CO)[C@@H](O)[C@H]2OS(C)(=O)=O)c(=O)[nH]c1=O. The second-order valence-corrected chi connectivity index (χ2v) is 6.58. The van der Waals surface area contributed by atoms with Crippen molar-refractivity contribution >= 4 is 10.1 Å². The van der Waals surface area contributed by atoms with Gasteiger partial charge in [-0.15, -0.1) is 0 Å². The van der Waals surface area contributed by atoms with Crippen LogP contribution in [-0.2, 0) is 19.0 Å². The quantitative estimate of drug-likeness (QED) is 0.509. The summed E-state index contributed by atoms with van der Waals surface area (Å²) in [5.41, 5.74) is -1.27. The zero-order valence-corrected chi connectivity index (χ0v) is 12.6. The minimum atomic E-state index is -3.95. The average molecular weight is 336 g/mol. The minimum absolute atomic E-state index is 0.184. The van der Waals surface area contributed by atoms with Crippen LogP contribution in [0.5, 0.6) is 0 Å².